The van der Waals surface area contributed by atoms with Crippen molar-refractivity contribution >= 4 is 0 Å². The molecule has 0 bridgehead atoms. The number of fused-ring (bicyclic) bond motifs is 8. The van der Waals surface area contributed by atoms with Crippen molar-refractivity contribution < 1.29 is 28.5 Å². The molecule has 6 rings (SSSR count). The summed E-state index contributed by atoms with van der Waals surface area (Å²) in [6.45, 7) is 1.35. The molecular formula is C21H22NO5+. The molecule has 6 nitrogen and oxygen atoms in total. The third kappa shape index (κ3) is 2.02. The van der Waals surface area contributed by atoms with Gasteiger partial charge in [0, 0.05) is 5.56 Å². The second-order valence-corrected chi connectivity index (χ2v) is 8.45. The predicted octanol–water partition coefficient (Wildman–Crippen LogP) is 2.48. The minimum Gasteiger partial charge on any atom is -0.454 e. The molecule has 0 spiro atoms. The Balaban J connectivity index is 1.57. The van der Waals surface area contributed by atoms with Crippen LogP contribution in [0.1, 0.15) is 34.2 Å². The second-order valence-electron chi connectivity index (χ2n) is 8.45. The van der Waals surface area contributed by atoms with Gasteiger partial charge in [0.25, 0.3) is 0 Å². The lowest BCUT2D eigenvalue weighted by atomic mass is 9.69. The van der Waals surface area contributed by atoms with Crippen molar-refractivity contribution in [2.75, 3.05) is 27.7 Å². The normalized spacial score (nSPS) is 28.3. The van der Waals surface area contributed by atoms with Crippen molar-refractivity contribution in [2.24, 2.45) is 0 Å². The summed E-state index contributed by atoms with van der Waals surface area (Å²) in [5.74, 6) is 3.25. The van der Waals surface area contributed by atoms with E-state index in [-0.39, 0.29) is 25.5 Å². The van der Waals surface area contributed by atoms with Gasteiger partial charge in [-0.25, -0.2) is 0 Å². The smallest absolute Gasteiger partial charge is 0.231 e. The molecule has 1 aliphatic carbocycles. The molecule has 0 aromatic heterocycles. The van der Waals surface area contributed by atoms with Gasteiger partial charge in [-0.2, -0.15) is 0 Å². The Morgan fingerprint density at radius 2 is 1.67 bits per heavy atom. The molecule has 4 aliphatic rings. The Labute approximate surface area is 157 Å². The number of nitrogens with zero attached hydrogens (tertiary/aromatic N) is 1. The van der Waals surface area contributed by atoms with Crippen LogP contribution >= 0.6 is 0 Å². The van der Waals surface area contributed by atoms with E-state index < -0.39 is 6.10 Å². The molecule has 3 atom stereocenters. The molecule has 2 aromatic rings. The van der Waals surface area contributed by atoms with Crippen LogP contribution in [0.3, 0.4) is 0 Å². The highest BCUT2D eigenvalue weighted by Crippen LogP contribution is 2.56. The fourth-order valence-corrected chi connectivity index (χ4v) is 5.42. The molecule has 3 heterocycles. The second kappa shape index (κ2) is 5.09. The van der Waals surface area contributed by atoms with Crippen LogP contribution in [0, 0.1) is 0 Å². The van der Waals surface area contributed by atoms with E-state index in [1.807, 2.05) is 12.1 Å². The fraction of sp³-hybridized carbons (Fsp3) is 0.429. The number of likely N-dealkylation sites (N-methyl/N-ethyl adjacent to an activating group) is 1. The summed E-state index contributed by atoms with van der Waals surface area (Å²) in [5.41, 5.74) is 4.75. The number of ether oxygens (including phenoxy) is 4. The van der Waals surface area contributed by atoms with Crippen LogP contribution in [0.5, 0.6) is 23.0 Å². The first-order valence-electron chi connectivity index (χ1n) is 9.37. The van der Waals surface area contributed by atoms with Crippen molar-refractivity contribution in [3.8, 4) is 23.0 Å². The molecule has 140 valence electrons. The number of quaternary nitrogens is 1. The van der Waals surface area contributed by atoms with Crippen LogP contribution in [0.2, 0.25) is 0 Å². The van der Waals surface area contributed by atoms with Crippen LogP contribution < -0.4 is 18.9 Å². The van der Waals surface area contributed by atoms with Gasteiger partial charge >= 0.3 is 0 Å². The largest absolute Gasteiger partial charge is 0.454 e. The maximum atomic E-state index is 11.2. The molecular weight excluding hydrogens is 346 g/mol. The Bertz CT molecular complexity index is 970. The lowest BCUT2D eigenvalue weighted by molar-refractivity contribution is -0.939. The number of benzene rings is 2. The third-order valence-corrected chi connectivity index (χ3v) is 6.49. The van der Waals surface area contributed by atoms with E-state index in [0.717, 1.165) is 39.6 Å². The van der Waals surface area contributed by atoms with E-state index in [2.05, 4.69) is 26.2 Å². The van der Waals surface area contributed by atoms with Gasteiger partial charge in [-0.1, -0.05) is 6.07 Å². The summed E-state index contributed by atoms with van der Waals surface area (Å²) in [5, 5.41) is 11.2. The number of rotatable bonds is 0. The van der Waals surface area contributed by atoms with Gasteiger partial charge in [-0.15, -0.1) is 0 Å². The highest BCUT2D eigenvalue weighted by Gasteiger charge is 2.51. The van der Waals surface area contributed by atoms with E-state index in [4.69, 9.17) is 18.9 Å². The van der Waals surface area contributed by atoms with Crippen LogP contribution in [0.15, 0.2) is 24.3 Å². The topological polar surface area (TPSA) is 57.2 Å². The molecule has 0 saturated heterocycles. The number of hydrogen-bond donors (Lipinski definition) is 1. The number of aliphatic hydroxyl groups is 1. The Morgan fingerprint density at radius 1 is 0.926 bits per heavy atom. The number of hydrogen-bond acceptors (Lipinski definition) is 5. The molecule has 3 unspecified atom stereocenters. The molecule has 1 N–H and O–H groups in total. The van der Waals surface area contributed by atoms with E-state index in [9.17, 15) is 5.11 Å². The van der Waals surface area contributed by atoms with Crippen LogP contribution in [0.4, 0.5) is 0 Å². The van der Waals surface area contributed by atoms with Crippen molar-refractivity contribution in [3.05, 3.63) is 46.5 Å². The minimum atomic E-state index is -0.459. The van der Waals surface area contributed by atoms with Crippen molar-refractivity contribution in [2.45, 2.75) is 31.0 Å². The average molecular weight is 368 g/mol. The highest BCUT2D eigenvalue weighted by atomic mass is 16.7. The summed E-state index contributed by atoms with van der Waals surface area (Å²) in [6.07, 6.45) is 0.154. The zero-order chi connectivity index (χ0) is 18.3. The Morgan fingerprint density at radius 3 is 2.52 bits per heavy atom. The molecule has 0 radical (unpaired) electrons. The molecule has 2 aromatic carbocycles. The SMILES string of the molecule is C[N+]1(C)Cc2c(ccc3c2OCO3)C2C(O)Cc3cc4c(cc3C21)OCO4. The van der Waals surface area contributed by atoms with Gasteiger partial charge in [0.05, 0.1) is 31.7 Å². The third-order valence-electron chi connectivity index (χ3n) is 6.49. The lowest BCUT2D eigenvalue weighted by Gasteiger charge is -2.50. The minimum absolute atomic E-state index is 0.00567. The lowest BCUT2D eigenvalue weighted by Crippen LogP contribution is -2.53. The average Bonchev–Trinajstić information content (AvgIpc) is 3.27. The van der Waals surface area contributed by atoms with Crippen molar-refractivity contribution in [1.29, 1.82) is 0 Å². The summed E-state index contributed by atoms with van der Waals surface area (Å²) < 4.78 is 23.3. The van der Waals surface area contributed by atoms with Gasteiger partial charge in [0.2, 0.25) is 13.6 Å². The first-order valence-corrected chi connectivity index (χ1v) is 9.37. The zero-order valence-electron chi connectivity index (χ0n) is 15.4. The van der Waals surface area contributed by atoms with E-state index in [1.54, 1.807) is 0 Å². The van der Waals surface area contributed by atoms with Crippen molar-refractivity contribution in [3.63, 3.8) is 0 Å². The van der Waals surface area contributed by atoms with Crippen molar-refractivity contribution in [1.82, 2.24) is 0 Å². The standard InChI is InChI=1S/C21H22NO5/c1-22(2)8-14-12(3-4-16-21(14)27-10-24-16)19-15(23)5-11-6-17-18(26-9-25-17)7-13(11)20(19)22/h3-4,6-7,15,19-20,23H,5,8-10H2,1-2H3/q+1. The zero-order valence-corrected chi connectivity index (χ0v) is 15.4. The predicted molar refractivity (Wildman–Crippen MR) is 96.1 cm³/mol. The summed E-state index contributed by atoms with van der Waals surface area (Å²) in [7, 11) is 4.45. The monoisotopic (exact) mass is 368 g/mol. The first-order chi connectivity index (χ1) is 13.0. The fourth-order valence-electron chi connectivity index (χ4n) is 5.42. The highest BCUT2D eigenvalue weighted by molar-refractivity contribution is 5.57. The molecule has 3 aliphatic heterocycles. The molecule has 6 heteroatoms. The van der Waals surface area contributed by atoms with Gasteiger partial charge in [-0.3, -0.25) is 0 Å². The van der Waals surface area contributed by atoms with Crippen LogP contribution in [-0.4, -0.2) is 43.4 Å². The summed E-state index contributed by atoms with van der Waals surface area (Å²) >= 11 is 0. The maximum absolute atomic E-state index is 11.2. The van der Waals surface area contributed by atoms with Gasteiger partial charge in [0.1, 0.15) is 12.6 Å². The van der Waals surface area contributed by atoms with E-state index in [1.165, 1.54) is 16.7 Å². The first kappa shape index (κ1) is 15.6. The molecule has 27 heavy (non-hydrogen) atoms. The summed E-state index contributed by atoms with van der Waals surface area (Å²) in [4.78, 5) is 0. The van der Waals surface area contributed by atoms with E-state index in [0.29, 0.717) is 6.42 Å². The Kier molecular flexibility index (Phi) is 2.94. The maximum Gasteiger partial charge on any atom is 0.231 e. The quantitative estimate of drug-likeness (QED) is 0.724. The van der Waals surface area contributed by atoms with Gasteiger partial charge in [-0.05, 0) is 35.7 Å². The molecule has 0 fully saturated rings. The number of aliphatic hydroxyl groups excluding tert-OH is 1. The van der Waals surface area contributed by atoms with Gasteiger partial charge in [0.15, 0.2) is 23.0 Å². The summed E-state index contributed by atoms with van der Waals surface area (Å²) in [6, 6.07) is 8.41. The van der Waals surface area contributed by atoms with E-state index >= 15 is 0 Å². The van der Waals surface area contributed by atoms with Crippen LogP contribution in [-0.2, 0) is 13.0 Å². The van der Waals surface area contributed by atoms with Gasteiger partial charge < -0.3 is 28.5 Å². The Hall–Kier alpha value is -2.44. The van der Waals surface area contributed by atoms with Crippen LogP contribution in [0.25, 0.3) is 0 Å². The molecule has 0 saturated carbocycles. The molecule has 0 amide bonds.